The zero-order valence-electron chi connectivity index (χ0n) is 17.9. The number of nitrogens with zero attached hydrogens (tertiary/aromatic N) is 3. The zero-order chi connectivity index (χ0) is 25.1. The van der Waals surface area contributed by atoms with Crippen molar-refractivity contribution in [1.82, 2.24) is 19.1 Å². The summed E-state index contributed by atoms with van der Waals surface area (Å²) in [6.07, 6.45) is 1.21. The van der Waals surface area contributed by atoms with Gasteiger partial charge >= 0.3 is 19.5 Å². The summed E-state index contributed by atoms with van der Waals surface area (Å²) < 4.78 is 51.9. The average Bonchev–Trinajstić information content (AvgIpc) is 3.18. The number of aromatic amines is 1. The first-order chi connectivity index (χ1) is 15.9. The van der Waals surface area contributed by atoms with Crippen molar-refractivity contribution >= 4 is 18.8 Å². The normalized spacial score (nSPS) is 12.2. The van der Waals surface area contributed by atoms with Gasteiger partial charge in [0.1, 0.15) is 11.3 Å². The second-order valence-corrected chi connectivity index (χ2v) is 9.48. The minimum atomic E-state index is -4.46. The van der Waals surface area contributed by atoms with Gasteiger partial charge < -0.3 is 14.8 Å². The molecule has 182 valence electrons. The highest BCUT2D eigenvalue weighted by atomic mass is 31.2. The largest absolute Gasteiger partial charge is 0.416 e. The molecular formula is C21H22F3N4O5P. The molecule has 3 N–H and O–H groups in total. The third kappa shape index (κ3) is 6.05. The van der Waals surface area contributed by atoms with Crippen molar-refractivity contribution in [1.29, 1.82) is 0 Å². The van der Waals surface area contributed by atoms with Crippen LogP contribution in [0.4, 0.5) is 13.2 Å². The Morgan fingerprint density at radius 2 is 1.88 bits per heavy atom. The van der Waals surface area contributed by atoms with Crippen molar-refractivity contribution in [2.75, 3.05) is 6.16 Å². The summed E-state index contributed by atoms with van der Waals surface area (Å²) >= 11 is 0. The minimum Gasteiger partial charge on any atom is -0.336 e. The van der Waals surface area contributed by atoms with Crippen LogP contribution < -0.4 is 11.2 Å². The quantitative estimate of drug-likeness (QED) is 0.236. The SMILES string of the molecule is C#CCn1c(=O)c2[nH]c(CCc3cccc(C(F)(F)F)c3)nc2n(CCCCP(=O)(O)O)c1=O. The number of aryl methyl sites for hydroxylation is 3. The predicted octanol–water partition coefficient (Wildman–Crippen LogP) is 2.28. The molecule has 2 aromatic heterocycles. The average molecular weight is 498 g/mol. The molecule has 9 nitrogen and oxygen atoms in total. The fraction of sp³-hybridized carbons (Fsp3) is 0.381. The first-order valence-corrected chi connectivity index (χ1v) is 12.1. The molecule has 0 aliphatic rings. The lowest BCUT2D eigenvalue weighted by Crippen LogP contribution is -2.40. The lowest BCUT2D eigenvalue weighted by Gasteiger charge is -2.10. The maximum Gasteiger partial charge on any atom is 0.416 e. The predicted molar refractivity (Wildman–Crippen MR) is 118 cm³/mol. The monoisotopic (exact) mass is 498 g/mol. The number of hydrogen-bond donors (Lipinski definition) is 3. The maximum atomic E-state index is 12.9. The summed E-state index contributed by atoms with van der Waals surface area (Å²) in [5.74, 6) is 2.53. The van der Waals surface area contributed by atoms with Crippen LogP contribution in [0.3, 0.4) is 0 Å². The molecule has 0 bridgehead atoms. The number of rotatable bonds is 9. The summed E-state index contributed by atoms with van der Waals surface area (Å²) in [5.41, 5.74) is -1.65. The Kier molecular flexibility index (Phi) is 7.51. The standard InChI is InChI=1S/C21H22F3N4O5P/c1-2-10-28-19(29)17-18(27(20(28)30)11-3-4-12-34(31,32)33)26-16(25-17)9-8-14-6-5-7-15(13-14)21(22,23)24/h1,5-7,13H,3-4,8-12H2,(H,25,26)(H2,31,32,33). The van der Waals surface area contributed by atoms with Gasteiger partial charge in [-0.1, -0.05) is 24.1 Å². The summed E-state index contributed by atoms with van der Waals surface area (Å²) in [7, 11) is -4.18. The van der Waals surface area contributed by atoms with Crippen LogP contribution in [-0.4, -0.2) is 35.1 Å². The second kappa shape index (κ2) is 10.0. The number of benzene rings is 1. The Morgan fingerprint density at radius 3 is 2.53 bits per heavy atom. The molecule has 0 aliphatic heterocycles. The first-order valence-electron chi connectivity index (χ1n) is 10.3. The lowest BCUT2D eigenvalue weighted by atomic mass is 10.1. The van der Waals surface area contributed by atoms with Gasteiger partial charge in [-0.25, -0.2) is 14.3 Å². The number of terminal acetylenes is 1. The van der Waals surface area contributed by atoms with Crippen LogP contribution in [0.2, 0.25) is 0 Å². The molecule has 0 fully saturated rings. The van der Waals surface area contributed by atoms with Crippen LogP contribution in [0.25, 0.3) is 11.2 Å². The van der Waals surface area contributed by atoms with Gasteiger partial charge in [-0.15, -0.1) is 6.42 Å². The van der Waals surface area contributed by atoms with E-state index in [4.69, 9.17) is 16.2 Å². The van der Waals surface area contributed by atoms with Crippen molar-refractivity contribution in [3.63, 3.8) is 0 Å². The summed E-state index contributed by atoms with van der Waals surface area (Å²) in [4.78, 5) is 50.7. The zero-order valence-corrected chi connectivity index (χ0v) is 18.8. The lowest BCUT2D eigenvalue weighted by molar-refractivity contribution is -0.137. The van der Waals surface area contributed by atoms with E-state index in [9.17, 15) is 27.3 Å². The van der Waals surface area contributed by atoms with E-state index in [1.807, 2.05) is 0 Å². The number of fused-ring (bicyclic) bond motifs is 1. The van der Waals surface area contributed by atoms with Crippen LogP contribution in [-0.2, 0) is 36.7 Å². The fourth-order valence-corrected chi connectivity index (χ4v) is 4.15. The van der Waals surface area contributed by atoms with E-state index in [0.29, 0.717) is 11.4 Å². The number of imidazole rings is 1. The molecule has 3 aromatic rings. The topological polar surface area (TPSA) is 130 Å². The minimum absolute atomic E-state index is 0.0175. The van der Waals surface area contributed by atoms with Crippen LogP contribution in [0, 0.1) is 12.3 Å². The van der Waals surface area contributed by atoms with Crippen LogP contribution in [0.15, 0.2) is 33.9 Å². The summed E-state index contributed by atoms with van der Waals surface area (Å²) in [6, 6.07) is 4.88. The Bertz CT molecular complexity index is 1390. The highest BCUT2D eigenvalue weighted by molar-refractivity contribution is 7.51. The number of alkyl halides is 3. The van der Waals surface area contributed by atoms with Gasteiger partial charge in [-0.3, -0.25) is 13.9 Å². The molecule has 0 amide bonds. The first kappa shape index (κ1) is 25.5. The number of halogens is 3. The highest BCUT2D eigenvalue weighted by Gasteiger charge is 2.30. The Hall–Kier alpha value is -3.13. The van der Waals surface area contributed by atoms with Gasteiger partial charge in [0, 0.05) is 19.1 Å². The second-order valence-electron chi connectivity index (χ2n) is 7.71. The van der Waals surface area contributed by atoms with Gasteiger partial charge in [0.15, 0.2) is 5.65 Å². The van der Waals surface area contributed by atoms with Crippen molar-refractivity contribution in [3.05, 3.63) is 62.1 Å². The molecule has 0 spiro atoms. The Morgan fingerprint density at radius 1 is 1.15 bits per heavy atom. The summed E-state index contributed by atoms with van der Waals surface area (Å²) in [5, 5.41) is 0. The molecule has 0 saturated carbocycles. The number of aromatic nitrogens is 4. The number of hydrogen-bond acceptors (Lipinski definition) is 4. The smallest absolute Gasteiger partial charge is 0.336 e. The number of nitrogens with one attached hydrogen (secondary N) is 1. The van der Waals surface area contributed by atoms with E-state index in [0.717, 1.165) is 16.7 Å². The third-order valence-electron chi connectivity index (χ3n) is 5.15. The maximum absolute atomic E-state index is 12.9. The van der Waals surface area contributed by atoms with Gasteiger partial charge in [0.25, 0.3) is 5.56 Å². The highest BCUT2D eigenvalue weighted by Crippen LogP contribution is 2.35. The van der Waals surface area contributed by atoms with Crippen molar-refractivity contribution in [3.8, 4) is 12.3 Å². The molecule has 34 heavy (non-hydrogen) atoms. The molecule has 0 radical (unpaired) electrons. The molecule has 0 atom stereocenters. The van der Waals surface area contributed by atoms with Gasteiger partial charge in [0.05, 0.1) is 12.1 Å². The van der Waals surface area contributed by atoms with E-state index in [2.05, 4.69) is 15.9 Å². The molecule has 2 heterocycles. The molecule has 0 aliphatic carbocycles. The molecule has 0 unspecified atom stereocenters. The van der Waals surface area contributed by atoms with Crippen LogP contribution in [0.5, 0.6) is 0 Å². The van der Waals surface area contributed by atoms with Crippen LogP contribution >= 0.6 is 7.60 Å². The number of unbranched alkanes of at least 4 members (excludes halogenated alkanes) is 1. The third-order valence-corrected chi connectivity index (χ3v) is 6.04. The summed E-state index contributed by atoms with van der Waals surface area (Å²) in [6.45, 7) is -0.243. The molecule has 3 rings (SSSR count). The van der Waals surface area contributed by atoms with E-state index < -0.39 is 30.6 Å². The molecule has 13 heteroatoms. The van der Waals surface area contributed by atoms with E-state index >= 15 is 0 Å². The van der Waals surface area contributed by atoms with Gasteiger partial charge in [0.2, 0.25) is 0 Å². The van der Waals surface area contributed by atoms with Crippen molar-refractivity contribution in [2.24, 2.45) is 0 Å². The van der Waals surface area contributed by atoms with Gasteiger partial charge in [-0.05, 0) is 30.9 Å². The fourth-order valence-electron chi connectivity index (χ4n) is 3.52. The van der Waals surface area contributed by atoms with Crippen LogP contribution in [0.1, 0.15) is 29.8 Å². The van der Waals surface area contributed by atoms with E-state index in [-0.39, 0.29) is 56.1 Å². The molecular weight excluding hydrogens is 476 g/mol. The number of H-pyrrole nitrogens is 1. The van der Waals surface area contributed by atoms with Gasteiger partial charge in [-0.2, -0.15) is 13.2 Å². The molecule has 1 aromatic carbocycles. The van der Waals surface area contributed by atoms with Crippen molar-refractivity contribution in [2.45, 2.75) is 44.9 Å². The van der Waals surface area contributed by atoms with E-state index in [1.54, 1.807) is 6.07 Å². The van der Waals surface area contributed by atoms with E-state index in [1.165, 1.54) is 10.6 Å². The molecule has 0 saturated heterocycles. The Labute approximate surface area is 191 Å². The van der Waals surface area contributed by atoms with Crippen molar-refractivity contribution < 1.29 is 27.5 Å². The Balaban J connectivity index is 1.91.